The van der Waals surface area contributed by atoms with Gasteiger partial charge >= 0.3 is 0 Å². The van der Waals surface area contributed by atoms with Crippen LogP contribution in [0.3, 0.4) is 0 Å². The van der Waals surface area contributed by atoms with Crippen LogP contribution in [0.1, 0.15) is 6.92 Å². The van der Waals surface area contributed by atoms with Gasteiger partial charge in [-0.25, -0.2) is 0 Å². The van der Waals surface area contributed by atoms with Gasteiger partial charge in [-0.1, -0.05) is 36.4 Å². The summed E-state index contributed by atoms with van der Waals surface area (Å²) in [6, 6.07) is 19.3. The van der Waals surface area contributed by atoms with E-state index in [-0.39, 0.29) is 18.3 Å². The van der Waals surface area contributed by atoms with Crippen molar-refractivity contribution in [1.29, 1.82) is 0 Å². The van der Waals surface area contributed by atoms with Crippen LogP contribution in [0.15, 0.2) is 60.7 Å². The Morgan fingerprint density at radius 3 is 1.47 bits per heavy atom. The third kappa shape index (κ3) is 3.08. The molecule has 0 N–H and O–H groups in total. The first kappa shape index (κ1) is 13.3. The van der Waals surface area contributed by atoms with Crippen LogP contribution in [-0.4, -0.2) is 5.91 Å². The SMILES string of the molecule is CC(=O)N(c1ccccc1)c1ccccc1.Cl. The van der Waals surface area contributed by atoms with E-state index < -0.39 is 0 Å². The Bertz CT molecular complexity index is 431. The van der Waals surface area contributed by atoms with Gasteiger partial charge in [0.05, 0.1) is 0 Å². The second-order valence-corrected chi connectivity index (χ2v) is 3.53. The van der Waals surface area contributed by atoms with Crippen LogP contribution in [0.4, 0.5) is 11.4 Å². The summed E-state index contributed by atoms with van der Waals surface area (Å²) in [6.07, 6.45) is 0. The number of nitrogens with zero attached hydrogens (tertiary/aromatic N) is 1. The van der Waals surface area contributed by atoms with Crippen LogP contribution in [0.2, 0.25) is 0 Å². The monoisotopic (exact) mass is 247 g/mol. The summed E-state index contributed by atoms with van der Waals surface area (Å²) >= 11 is 0. The minimum Gasteiger partial charge on any atom is -0.281 e. The molecule has 0 bridgehead atoms. The number of amides is 1. The molecule has 0 saturated heterocycles. The molecule has 0 atom stereocenters. The standard InChI is InChI=1S/C14H13NO.ClH/c1-12(16)15(13-8-4-2-5-9-13)14-10-6-3-7-11-14;/h2-11H,1H3;1H. The summed E-state index contributed by atoms with van der Waals surface area (Å²) in [7, 11) is 0. The Kier molecular flexibility index (Phi) is 4.73. The van der Waals surface area contributed by atoms with Crippen LogP contribution in [0, 0.1) is 0 Å². The first-order valence-corrected chi connectivity index (χ1v) is 5.20. The number of halogens is 1. The highest BCUT2D eigenvalue weighted by atomic mass is 35.5. The highest BCUT2D eigenvalue weighted by molar-refractivity contribution is 5.98. The van der Waals surface area contributed by atoms with Gasteiger partial charge in [0.1, 0.15) is 0 Å². The number of para-hydroxylation sites is 2. The number of hydrogen-bond acceptors (Lipinski definition) is 1. The smallest absolute Gasteiger partial charge is 0.228 e. The van der Waals surface area contributed by atoms with E-state index in [9.17, 15) is 4.79 Å². The highest BCUT2D eigenvalue weighted by Gasteiger charge is 2.12. The van der Waals surface area contributed by atoms with Crippen molar-refractivity contribution in [3.63, 3.8) is 0 Å². The lowest BCUT2D eigenvalue weighted by Crippen LogP contribution is -2.22. The molecule has 3 heteroatoms. The minimum atomic E-state index is 0. The lowest BCUT2D eigenvalue weighted by Gasteiger charge is -2.21. The average Bonchev–Trinajstić information content (AvgIpc) is 2.31. The molecular formula is C14H14ClNO. The fourth-order valence-corrected chi connectivity index (χ4v) is 1.67. The van der Waals surface area contributed by atoms with Gasteiger partial charge in [-0.3, -0.25) is 9.69 Å². The molecule has 0 aliphatic heterocycles. The molecule has 0 aromatic heterocycles. The van der Waals surface area contributed by atoms with Crippen molar-refractivity contribution in [1.82, 2.24) is 0 Å². The van der Waals surface area contributed by atoms with Crippen molar-refractivity contribution in [3.05, 3.63) is 60.7 Å². The lowest BCUT2D eigenvalue weighted by molar-refractivity contribution is -0.115. The molecular weight excluding hydrogens is 234 g/mol. The predicted octanol–water partition coefficient (Wildman–Crippen LogP) is 3.79. The third-order valence-electron chi connectivity index (χ3n) is 2.34. The molecule has 0 saturated carbocycles. The Morgan fingerprint density at radius 1 is 0.824 bits per heavy atom. The molecule has 1 amide bonds. The summed E-state index contributed by atoms with van der Waals surface area (Å²) in [5.41, 5.74) is 1.78. The maximum Gasteiger partial charge on any atom is 0.228 e. The minimum absolute atomic E-state index is 0. The molecule has 0 fully saturated rings. The first-order valence-electron chi connectivity index (χ1n) is 5.20. The predicted molar refractivity (Wildman–Crippen MR) is 73.0 cm³/mol. The zero-order valence-corrected chi connectivity index (χ0v) is 10.4. The number of hydrogen-bond donors (Lipinski definition) is 0. The molecule has 0 spiro atoms. The van der Waals surface area contributed by atoms with E-state index in [1.165, 1.54) is 0 Å². The molecule has 0 aliphatic carbocycles. The van der Waals surface area contributed by atoms with Gasteiger partial charge in [0.15, 0.2) is 0 Å². The molecule has 2 aromatic rings. The molecule has 17 heavy (non-hydrogen) atoms. The average molecular weight is 248 g/mol. The summed E-state index contributed by atoms with van der Waals surface area (Å²) in [4.78, 5) is 13.4. The van der Waals surface area contributed by atoms with Crippen molar-refractivity contribution in [2.75, 3.05) is 4.90 Å². The van der Waals surface area contributed by atoms with E-state index in [0.717, 1.165) is 11.4 Å². The van der Waals surface area contributed by atoms with Crippen molar-refractivity contribution < 1.29 is 4.79 Å². The molecule has 0 radical (unpaired) electrons. The summed E-state index contributed by atoms with van der Waals surface area (Å²) in [5.74, 6) is 0.0115. The molecule has 88 valence electrons. The van der Waals surface area contributed by atoms with Gasteiger partial charge in [0.2, 0.25) is 5.91 Å². The van der Waals surface area contributed by atoms with Gasteiger partial charge in [-0.15, -0.1) is 12.4 Å². The normalized spacial score (nSPS) is 9.24. The number of rotatable bonds is 2. The third-order valence-corrected chi connectivity index (χ3v) is 2.34. The second-order valence-electron chi connectivity index (χ2n) is 3.53. The van der Waals surface area contributed by atoms with Gasteiger partial charge in [-0.05, 0) is 24.3 Å². The van der Waals surface area contributed by atoms with Crippen molar-refractivity contribution in [3.8, 4) is 0 Å². The lowest BCUT2D eigenvalue weighted by atomic mass is 10.2. The van der Waals surface area contributed by atoms with Crippen molar-refractivity contribution in [2.45, 2.75) is 6.92 Å². The summed E-state index contributed by atoms with van der Waals surface area (Å²) in [6.45, 7) is 1.57. The van der Waals surface area contributed by atoms with E-state index in [4.69, 9.17) is 0 Å². The first-order chi connectivity index (χ1) is 7.79. The zero-order chi connectivity index (χ0) is 11.4. The van der Waals surface area contributed by atoms with Crippen LogP contribution >= 0.6 is 12.4 Å². The Balaban J connectivity index is 0.00000144. The molecule has 0 heterocycles. The molecule has 2 nitrogen and oxygen atoms in total. The highest BCUT2D eigenvalue weighted by Crippen LogP contribution is 2.24. The van der Waals surface area contributed by atoms with Crippen molar-refractivity contribution in [2.24, 2.45) is 0 Å². The molecule has 2 rings (SSSR count). The Hall–Kier alpha value is -1.80. The van der Waals surface area contributed by atoms with E-state index in [1.807, 2.05) is 60.7 Å². The van der Waals surface area contributed by atoms with Crippen molar-refractivity contribution >= 4 is 29.7 Å². The van der Waals surface area contributed by atoms with Crippen LogP contribution in [-0.2, 0) is 4.79 Å². The maximum atomic E-state index is 11.7. The maximum absolute atomic E-state index is 11.7. The van der Waals surface area contributed by atoms with Gasteiger partial charge in [0, 0.05) is 18.3 Å². The van der Waals surface area contributed by atoms with Gasteiger partial charge in [0.25, 0.3) is 0 Å². The number of carbonyl (C=O) groups excluding carboxylic acids is 1. The van der Waals surface area contributed by atoms with Gasteiger partial charge in [-0.2, -0.15) is 0 Å². The topological polar surface area (TPSA) is 20.3 Å². The Morgan fingerprint density at radius 2 is 1.18 bits per heavy atom. The summed E-state index contributed by atoms with van der Waals surface area (Å²) in [5, 5.41) is 0. The Labute approximate surface area is 107 Å². The van der Waals surface area contributed by atoms with Crippen LogP contribution in [0.5, 0.6) is 0 Å². The van der Waals surface area contributed by atoms with E-state index in [1.54, 1.807) is 11.8 Å². The van der Waals surface area contributed by atoms with Crippen LogP contribution < -0.4 is 4.90 Å². The number of carbonyl (C=O) groups is 1. The fourth-order valence-electron chi connectivity index (χ4n) is 1.67. The van der Waals surface area contributed by atoms with Gasteiger partial charge < -0.3 is 0 Å². The molecule has 2 aromatic carbocycles. The fraction of sp³-hybridized carbons (Fsp3) is 0.0714. The summed E-state index contributed by atoms with van der Waals surface area (Å²) < 4.78 is 0. The molecule has 0 aliphatic rings. The van der Waals surface area contributed by atoms with Crippen LogP contribution in [0.25, 0.3) is 0 Å². The zero-order valence-electron chi connectivity index (χ0n) is 9.54. The largest absolute Gasteiger partial charge is 0.281 e. The quantitative estimate of drug-likeness (QED) is 0.791. The van der Waals surface area contributed by atoms with E-state index in [2.05, 4.69) is 0 Å². The number of anilines is 2. The second kappa shape index (κ2) is 6.06. The van der Waals surface area contributed by atoms with E-state index in [0.29, 0.717) is 0 Å². The molecule has 0 unspecified atom stereocenters. The number of benzene rings is 2. The van der Waals surface area contributed by atoms with E-state index >= 15 is 0 Å².